The molecule has 0 amide bonds. The van der Waals surface area contributed by atoms with Crippen molar-refractivity contribution in [2.24, 2.45) is 0 Å². The van der Waals surface area contributed by atoms with Gasteiger partial charge in [-0.3, -0.25) is 14.2 Å². The van der Waals surface area contributed by atoms with E-state index in [2.05, 4.69) is 38.2 Å². The Morgan fingerprint density at radius 1 is 0.564 bits per heavy atom. The van der Waals surface area contributed by atoms with Crippen LogP contribution in [0.3, 0.4) is 0 Å². The monoisotopic (exact) mass is 800 g/mol. The Bertz CT molecular complexity index is 996. The smallest absolute Gasteiger partial charge is 0.306 e. The second-order valence-corrected chi connectivity index (χ2v) is 17.8. The van der Waals surface area contributed by atoms with E-state index in [0.29, 0.717) is 17.4 Å². The van der Waals surface area contributed by atoms with Crippen molar-refractivity contribution in [1.82, 2.24) is 0 Å². The summed E-state index contributed by atoms with van der Waals surface area (Å²) < 4.78 is 33.9. The summed E-state index contributed by atoms with van der Waals surface area (Å²) in [6.45, 7) is 4.21. The Hall–Kier alpha value is -1.51. The first-order valence-corrected chi connectivity index (χ1v) is 24.0. The molecule has 0 saturated heterocycles. The maximum Gasteiger partial charge on any atom is 0.306 e. The lowest BCUT2D eigenvalue weighted by Gasteiger charge is -2.28. The van der Waals surface area contributed by atoms with Gasteiger partial charge in [-0.2, -0.15) is 0 Å². The first-order chi connectivity index (χ1) is 26.5. The standard InChI is InChI=1S/C45H86NO8P/c1-6-8-10-12-14-16-18-20-21-22-23-24-25-26-28-30-32-34-36-38-45(48)54-43(42-53-55(49,50)52-40-39-46(3,4)5)41-51-44(47)37-35-33-31-29-27-19-17-15-13-11-9-7-2/h14,16,20-21,43H,6-13,15,17-19,22-42H2,1-5H3/b16-14-,21-20-/t43-/m1/s1. The molecule has 0 spiro atoms. The third-order valence-corrected chi connectivity index (χ3v) is 10.7. The van der Waals surface area contributed by atoms with Crippen molar-refractivity contribution < 1.29 is 42.1 Å². The van der Waals surface area contributed by atoms with E-state index in [1.54, 1.807) is 0 Å². The van der Waals surface area contributed by atoms with Gasteiger partial charge in [-0.25, -0.2) is 0 Å². The predicted octanol–water partition coefficient (Wildman–Crippen LogP) is 12.1. The molecule has 0 saturated carbocycles. The number of esters is 2. The zero-order valence-electron chi connectivity index (χ0n) is 36.4. The highest BCUT2D eigenvalue weighted by Crippen LogP contribution is 2.38. The van der Waals surface area contributed by atoms with Crippen molar-refractivity contribution in [3.63, 3.8) is 0 Å². The highest BCUT2D eigenvalue weighted by Gasteiger charge is 2.21. The van der Waals surface area contributed by atoms with E-state index in [-0.39, 0.29) is 32.0 Å². The van der Waals surface area contributed by atoms with Crippen LogP contribution in [-0.2, 0) is 32.7 Å². The molecule has 0 radical (unpaired) electrons. The summed E-state index contributed by atoms with van der Waals surface area (Å²) in [6.07, 6.45) is 40.5. The fraction of sp³-hybridized carbons (Fsp3) is 0.867. The Kier molecular flexibility index (Phi) is 37.0. The van der Waals surface area contributed by atoms with Gasteiger partial charge in [0, 0.05) is 12.8 Å². The van der Waals surface area contributed by atoms with Gasteiger partial charge >= 0.3 is 11.9 Å². The van der Waals surface area contributed by atoms with Crippen molar-refractivity contribution in [2.75, 3.05) is 47.5 Å². The average molecular weight is 800 g/mol. The average Bonchev–Trinajstić information content (AvgIpc) is 3.13. The molecule has 0 rings (SSSR count). The molecule has 0 heterocycles. The number of hydrogen-bond donors (Lipinski definition) is 0. The van der Waals surface area contributed by atoms with E-state index in [0.717, 1.165) is 51.4 Å². The van der Waals surface area contributed by atoms with E-state index in [9.17, 15) is 19.0 Å². The quantitative estimate of drug-likeness (QED) is 0.0198. The largest absolute Gasteiger partial charge is 0.756 e. The molecule has 0 N–H and O–H groups in total. The number of carbonyl (C=O) groups excluding carboxylic acids is 2. The number of likely N-dealkylation sites (N-methyl/N-ethyl adjacent to an activating group) is 1. The van der Waals surface area contributed by atoms with Crippen LogP contribution in [0.1, 0.15) is 200 Å². The molecule has 0 aromatic rings. The van der Waals surface area contributed by atoms with Crippen molar-refractivity contribution in [1.29, 1.82) is 0 Å². The summed E-state index contributed by atoms with van der Waals surface area (Å²) in [6, 6.07) is 0. The van der Waals surface area contributed by atoms with Gasteiger partial charge in [0.15, 0.2) is 6.10 Å². The van der Waals surface area contributed by atoms with E-state index < -0.39 is 26.5 Å². The van der Waals surface area contributed by atoms with E-state index in [4.69, 9.17) is 18.5 Å². The molecule has 0 aromatic carbocycles. The highest BCUT2D eigenvalue weighted by atomic mass is 31.2. The van der Waals surface area contributed by atoms with Crippen LogP contribution in [0.5, 0.6) is 0 Å². The third-order valence-electron chi connectivity index (χ3n) is 9.72. The van der Waals surface area contributed by atoms with Crippen LogP contribution in [0.25, 0.3) is 0 Å². The van der Waals surface area contributed by atoms with Gasteiger partial charge in [-0.05, 0) is 44.9 Å². The molecule has 0 aliphatic heterocycles. The molecule has 324 valence electrons. The van der Waals surface area contributed by atoms with Crippen LogP contribution >= 0.6 is 7.82 Å². The van der Waals surface area contributed by atoms with Gasteiger partial charge in [0.05, 0.1) is 27.7 Å². The van der Waals surface area contributed by atoms with Crippen molar-refractivity contribution in [3.05, 3.63) is 24.3 Å². The van der Waals surface area contributed by atoms with Crippen molar-refractivity contribution >= 4 is 19.8 Å². The van der Waals surface area contributed by atoms with Gasteiger partial charge in [-0.15, -0.1) is 0 Å². The lowest BCUT2D eigenvalue weighted by Crippen LogP contribution is -2.37. The molecule has 2 atom stereocenters. The minimum absolute atomic E-state index is 0.0298. The molecule has 0 aliphatic carbocycles. The fourth-order valence-corrected chi connectivity index (χ4v) is 6.88. The zero-order chi connectivity index (χ0) is 40.7. The van der Waals surface area contributed by atoms with Crippen molar-refractivity contribution in [2.45, 2.75) is 206 Å². The van der Waals surface area contributed by atoms with E-state index in [1.807, 2.05) is 21.1 Å². The maximum absolute atomic E-state index is 12.7. The molecule has 9 nitrogen and oxygen atoms in total. The summed E-state index contributed by atoms with van der Waals surface area (Å²) >= 11 is 0. The molecule has 0 aliphatic rings. The van der Waals surface area contributed by atoms with Crippen LogP contribution < -0.4 is 4.89 Å². The van der Waals surface area contributed by atoms with Gasteiger partial charge in [-0.1, -0.05) is 167 Å². The second-order valence-electron chi connectivity index (χ2n) is 16.4. The third kappa shape index (κ3) is 41.9. The van der Waals surface area contributed by atoms with Crippen LogP contribution in [0.4, 0.5) is 0 Å². The Morgan fingerprint density at radius 3 is 1.47 bits per heavy atom. The number of ether oxygens (including phenoxy) is 2. The number of unbranched alkanes of at least 4 members (excludes halogenated alkanes) is 23. The van der Waals surface area contributed by atoms with Gasteiger partial charge in [0.2, 0.25) is 0 Å². The zero-order valence-corrected chi connectivity index (χ0v) is 37.3. The number of quaternary nitrogens is 1. The number of nitrogens with zero attached hydrogens (tertiary/aromatic N) is 1. The molecule has 1 unspecified atom stereocenters. The Labute approximate surface area is 339 Å². The first-order valence-electron chi connectivity index (χ1n) is 22.5. The van der Waals surface area contributed by atoms with Crippen LogP contribution in [-0.4, -0.2) is 70.0 Å². The first kappa shape index (κ1) is 53.5. The summed E-state index contributed by atoms with van der Waals surface area (Å²) in [5.74, 6) is -0.833. The van der Waals surface area contributed by atoms with Crippen LogP contribution in [0.2, 0.25) is 0 Å². The number of phosphoric acid groups is 1. The minimum atomic E-state index is -4.62. The van der Waals surface area contributed by atoms with E-state index >= 15 is 0 Å². The normalized spacial score (nSPS) is 13.8. The topological polar surface area (TPSA) is 111 Å². The molecule has 0 aromatic heterocycles. The molecular formula is C45H86NO8P. The molecule has 0 fully saturated rings. The molecule has 55 heavy (non-hydrogen) atoms. The van der Waals surface area contributed by atoms with Crippen molar-refractivity contribution in [3.8, 4) is 0 Å². The summed E-state index contributed by atoms with van der Waals surface area (Å²) in [5, 5.41) is 0. The molecular weight excluding hydrogens is 713 g/mol. The highest BCUT2D eigenvalue weighted by molar-refractivity contribution is 7.45. The van der Waals surface area contributed by atoms with Gasteiger partial charge in [0.1, 0.15) is 19.8 Å². The lowest BCUT2D eigenvalue weighted by molar-refractivity contribution is -0.870. The summed E-state index contributed by atoms with van der Waals surface area (Å²) in [4.78, 5) is 37.5. The SMILES string of the molecule is CCCCC/C=C\C/C=C\CCCCCCCCCCCC(=O)O[C@H](COC(=O)CCCCCCCCCCCCCC)COP(=O)([O-])OCC[N+](C)(C)C. The van der Waals surface area contributed by atoms with Crippen LogP contribution in [0, 0.1) is 0 Å². The number of hydrogen-bond acceptors (Lipinski definition) is 8. The predicted molar refractivity (Wildman–Crippen MR) is 227 cm³/mol. The maximum atomic E-state index is 12.7. The summed E-state index contributed by atoms with van der Waals surface area (Å²) in [5.41, 5.74) is 0. The summed E-state index contributed by atoms with van der Waals surface area (Å²) in [7, 11) is 1.17. The van der Waals surface area contributed by atoms with Crippen LogP contribution in [0.15, 0.2) is 24.3 Å². The van der Waals surface area contributed by atoms with Gasteiger partial charge < -0.3 is 27.9 Å². The molecule has 0 bridgehead atoms. The number of allylic oxidation sites excluding steroid dienone is 4. The molecule has 10 heteroatoms. The number of rotatable bonds is 41. The second kappa shape index (κ2) is 38.0. The Balaban J connectivity index is 4.31. The van der Waals surface area contributed by atoms with Gasteiger partial charge in [0.25, 0.3) is 7.82 Å². The number of phosphoric ester groups is 1. The minimum Gasteiger partial charge on any atom is -0.756 e. The van der Waals surface area contributed by atoms with E-state index in [1.165, 1.54) is 116 Å². The fourth-order valence-electron chi connectivity index (χ4n) is 6.16. The number of carbonyl (C=O) groups is 2. The Morgan fingerprint density at radius 2 is 0.982 bits per heavy atom. The lowest BCUT2D eigenvalue weighted by atomic mass is 10.0.